The molecule has 0 fully saturated rings. The van der Waals surface area contributed by atoms with Crippen molar-refractivity contribution < 1.29 is 4.52 Å². The minimum Gasteiger partial charge on any atom is -0.361 e. The van der Waals surface area contributed by atoms with E-state index in [0.717, 1.165) is 28.4 Å². The first-order valence-electron chi connectivity index (χ1n) is 6.30. The molecule has 5 heteroatoms. The highest BCUT2D eigenvalue weighted by Crippen LogP contribution is 2.39. The van der Waals surface area contributed by atoms with E-state index in [0.29, 0.717) is 6.04 Å². The Bertz CT molecular complexity index is 553. The van der Waals surface area contributed by atoms with Gasteiger partial charge < -0.3 is 9.84 Å². The molecule has 1 N–H and O–H groups in total. The van der Waals surface area contributed by atoms with Gasteiger partial charge in [0.05, 0.1) is 17.0 Å². The average Bonchev–Trinajstić information content (AvgIpc) is 2.92. The molecular formula is C13H17N3OS. The Balaban J connectivity index is 2.08. The van der Waals surface area contributed by atoms with E-state index in [4.69, 9.17) is 9.51 Å². The molecule has 1 unspecified atom stereocenters. The standard InChI is InChI=1S/C13H17N3OS/c1-7-11(8(2)17-16-7)13-15-10-6-4-5-9(14-3)12(10)18-13/h9,14H,4-6H2,1-3H3. The molecule has 1 aliphatic rings. The highest BCUT2D eigenvalue weighted by atomic mass is 32.1. The monoisotopic (exact) mass is 263 g/mol. The van der Waals surface area contributed by atoms with Crippen LogP contribution in [0, 0.1) is 13.8 Å². The van der Waals surface area contributed by atoms with E-state index >= 15 is 0 Å². The zero-order valence-corrected chi connectivity index (χ0v) is 11.7. The number of rotatable bonds is 2. The first-order valence-corrected chi connectivity index (χ1v) is 7.12. The van der Waals surface area contributed by atoms with Gasteiger partial charge in [0.15, 0.2) is 0 Å². The maximum absolute atomic E-state index is 5.24. The van der Waals surface area contributed by atoms with Gasteiger partial charge in [-0.1, -0.05) is 5.16 Å². The summed E-state index contributed by atoms with van der Waals surface area (Å²) in [7, 11) is 2.02. The lowest BCUT2D eigenvalue weighted by Gasteiger charge is -2.19. The third-order valence-corrected chi connectivity index (χ3v) is 4.77. The van der Waals surface area contributed by atoms with Gasteiger partial charge in [-0.2, -0.15) is 0 Å². The molecule has 0 saturated heterocycles. The van der Waals surface area contributed by atoms with Crippen molar-refractivity contribution in [3.8, 4) is 10.6 Å². The fourth-order valence-electron chi connectivity index (χ4n) is 2.59. The van der Waals surface area contributed by atoms with E-state index in [9.17, 15) is 0 Å². The van der Waals surface area contributed by atoms with Crippen LogP contribution in [0.3, 0.4) is 0 Å². The van der Waals surface area contributed by atoms with Crippen molar-refractivity contribution in [2.24, 2.45) is 0 Å². The second kappa shape index (κ2) is 4.48. The first-order chi connectivity index (χ1) is 8.70. The van der Waals surface area contributed by atoms with Gasteiger partial charge in [0.2, 0.25) is 0 Å². The molecule has 1 atom stereocenters. The Hall–Kier alpha value is -1.20. The molecule has 4 nitrogen and oxygen atoms in total. The third-order valence-electron chi connectivity index (χ3n) is 3.55. The van der Waals surface area contributed by atoms with Crippen molar-refractivity contribution >= 4 is 11.3 Å². The molecule has 0 saturated carbocycles. The first kappa shape index (κ1) is 11.9. The molecule has 0 aliphatic heterocycles. The summed E-state index contributed by atoms with van der Waals surface area (Å²) in [5.41, 5.74) is 3.25. The molecule has 3 rings (SSSR count). The summed E-state index contributed by atoms with van der Waals surface area (Å²) in [6, 6.07) is 0.459. The Morgan fingerprint density at radius 1 is 1.39 bits per heavy atom. The molecular weight excluding hydrogens is 246 g/mol. The van der Waals surface area contributed by atoms with E-state index in [1.807, 2.05) is 20.9 Å². The smallest absolute Gasteiger partial charge is 0.144 e. The molecule has 96 valence electrons. The Labute approximate surface area is 110 Å². The van der Waals surface area contributed by atoms with Crippen molar-refractivity contribution in [1.29, 1.82) is 0 Å². The van der Waals surface area contributed by atoms with Crippen molar-refractivity contribution in [3.63, 3.8) is 0 Å². The second-order valence-corrected chi connectivity index (χ2v) is 5.79. The molecule has 0 spiro atoms. The van der Waals surface area contributed by atoms with Crippen LogP contribution < -0.4 is 5.32 Å². The summed E-state index contributed by atoms with van der Waals surface area (Å²) in [5, 5.41) is 8.45. The zero-order valence-electron chi connectivity index (χ0n) is 10.9. The summed E-state index contributed by atoms with van der Waals surface area (Å²) in [4.78, 5) is 6.18. The molecule has 18 heavy (non-hydrogen) atoms. The predicted molar refractivity (Wildman–Crippen MR) is 71.8 cm³/mol. The van der Waals surface area contributed by atoms with Crippen LogP contribution in [0.15, 0.2) is 4.52 Å². The largest absolute Gasteiger partial charge is 0.361 e. The van der Waals surface area contributed by atoms with Gasteiger partial charge in [-0.25, -0.2) is 4.98 Å². The van der Waals surface area contributed by atoms with Crippen LogP contribution in [0.5, 0.6) is 0 Å². The van der Waals surface area contributed by atoms with Gasteiger partial charge >= 0.3 is 0 Å². The molecule has 2 aromatic rings. The zero-order chi connectivity index (χ0) is 12.7. The number of hydrogen-bond donors (Lipinski definition) is 1. The van der Waals surface area contributed by atoms with Crippen LogP contribution in [-0.4, -0.2) is 17.2 Å². The fourth-order valence-corrected chi connectivity index (χ4v) is 3.99. The summed E-state index contributed by atoms with van der Waals surface area (Å²) < 4.78 is 5.24. The Kier molecular flexibility index (Phi) is 2.95. The molecule has 2 heterocycles. The van der Waals surface area contributed by atoms with Crippen LogP contribution in [0.25, 0.3) is 10.6 Å². The van der Waals surface area contributed by atoms with Gasteiger partial charge in [-0.3, -0.25) is 0 Å². The maximum Gasteiger partial charge on any atom is 0.144 e. The normalized spacial score (nSPS) is 18.9. The number of hydrogen-bond acceptors (Lipinski definition) is 5. The van der Waals surface area contributed by atoms with Crippen molar-refractivity contribution in [2.75, 3.05) is 7.05 Å². The lowest BCUT2D eigenvalue weighted by molar-refractivity contribution is 0.393. The van der Waals surface area contributed by atoms with Gasteiger partial charge in [0, 0.05) is 10.9 Å². The van der Waals surface area contributed by atoms with Gasteiger partial charge in [-0.15, -0.1) is 11.3 Å². The SMILES string of the molecule is CNC1CCCc2nc(-c3c(C)noc3C)sc21. The van der Waals surface area contributed by atoms with Crippen LogP contribution >= 0.6 is 11.3 Å². The average molecular weight is 263 g/mol. The van der Waals surface area contributed by atoms with E-state index in [1.165, 1.54) is 23.4 Å². The van der Waals surface area contributed by atoms with Crippen molar-refractivity contribution in [2.45, 2.75) is 39.2 Å². The summed E-state index contributed by atoms with van der Waals surface area (Å²) in [5.74, 6) is 0.861. The van der Waals surface area contributed by atoms with Crippen LogP contribution in [0.4, 0.5) is 0 Å². The van der Waals surface area contributed by atoms with Gasteiger partial charge in [-0.05, 0) is 40.2 Å². The molecule has 0 aromatic carbocycles. The van der Waals surface area contributed by atoms with Crippen LogP contribution in [-0.2, 0) is 6.42 Å². The number of fused-ring (bicyclic) bond motifs is 1. The summed E-state index contributed by atoms with van der Waals surface area (Å²) in [6.07, 6.45) is 3.50. The number of thiazole rings is 1. The number of aryl methyl sites for hydroxylation is 3. The van der Waals surface area contributed by atoms with E-state index < -0.39 is 0 Å². The van der Waals surface area contributed by atoms with E-state index in [-0.39, 0.29) is 0 Å². The molecule has 1 aliphatic carbocycles. The fraction of sp³-hybridized carbons (Fsp3) is 0.538. The number of aromatic nitrogens is 2. The minimum atomic E-state index is 0.459. The lowest BCUT2D eigenvalue weighted by atomic mass is 9.98. The van der Waals surface area contributed by atoms with E-state index in [2.05, 4.69) is 10.5 Å². The van der Waals surface area contributed by atoms with Crippen molar-refractivity contribution in [1.82, 2.24) is 15.5 Å². The molecule has 0 amide bonds. The number of nitrogens with one attached hydrogen (secondary N) is 1. The minimum absolute atomic E-state index is 0.459. The molecule has 0 radical (unpaired) electrons. The highest BCUT2D eigenvalue weighted by molar-refractivity contribution is 7.15. The molecule has 0 bridgehead atoms. The number of nitrogens with zero attached hydrogens (tertiary/aromatic N) is 2. The van der Waals surface area contributed by atoms with E-state index in [1.54, 1.807) is 11.3 Å². The topological polar surface area (TPSA) is 51.0 Å². The second-order valence-electron chi connectivity index (χ2n) is 4.76. The summed E-state index contributed by atoms with van der Waals surface area (Å²) >= 11 is 1.78. The Morgan fingerprint density at radius 3 is 2.89 bits per heavy atom. The predicted octanol–water partition coefficient (Wildman–Crippen LogP) is 3.01. The van der Waals surface area contributed by atoms with Crippen LogP contribution in [0.1, 0.15) is 40.9 Å². The van der Waals surface area contributed by atoms with Crippen LogP contribution in [0.2, 0.25) is 0 Å². The Morgan fingerprint density at radius 2 is 2.22 bits per heavy atom. The maximum atomic E-state index is 5.24. The quantitative estimate of drug-likeness (QED) is 0.905. The third kappa shape index (κ3) is 1.78. The highest BCUT2D eigenvalue weighted by Gasteiger charge is 2.25. The van der Waals surface area contributed by atoms with Crippen molar-refractivity contribution in [3.05, 3.63) is 22.0 Å². The van der Waals surface area contributed by atoms with Gasteiger partial charge in [0.1, 0.15) is 10.8 Å². The molecule has 2 aromatic heterocycles. The van der Waals surface area contributed by atoms with Gasteiger partial charge in [0.25, 0.3) is 0 Å². The summed E-state index contributed by atoms with van der Waals surface area (Å²) in [6.45, 7) is 3.92. The lowest BCUT2D eigenvalue weighted by Crippen LogP contribution is -2.19.